The maximum absolute atomic E-state index is 12.5. The second kappa shape index (κ2) is 9.81. The van der Waals surface area contributed by atoms with Crippen LogP contribution in [0.25, 0.3) is 11.0 Å². The molecule has 8 heteroatoms. The third-order valence-corrected chi connectivity index (χ3v) is 5.62. The summed E-state index contributed by atoms with van der Waals surface area (Å²) in [6.07, 6.45) is 1.50. The van der Waals surface area contributed by atoms with Gasteiger partial charge in [-0.3, -0.25) is 4.79 Å². The van der Waals surface area contributed by atoms with Gasteiger partial charge in [-0.1, -0.05) is 46.3 Å². The maximum Gasteiger partial charge on any atom is 0.307 e. The molecule has 158 valence electrons. The van der Waals surface area contributed by atoms with Crippen molar-refractivity contribution in [2.75, 3.05) is 0 Å². The number of carbonyl (C=O) groups is 1. The molecule has 0 aliphatic carbocycles. The Bertz CT molecular complexity index is 1370. The van der Waals surface area contributed by atoms with Crippen molar-refractivity contribution in [2.45, 2.75) is 6.61 Å². The van der Waals surface area contributed by atoms with Crippen molar-refractivity contribution in [1.29, 1.82) is 5.26 Å². The highest BCUT2D eigenvalue weighted by molar-refractivity contribution is 9.11. The first kappa shape index (κ1) is 21.8. The van der Waals surface area contributed by atoms with Crippen LogP contribution in [0.3, 0.4) is 0 Å². The summed E-state index contributed by atoms with van der Waals surface area (Å²) in [5.41, 5.74) is 5.09. The number of carbonyl (C=O) groups excluding carboxylic acids is 1. The number of fused-ring (bicyclic) bond motifs is 1. The summed E-state index contributed by atoms with van der Waals surface area (Å²) < 4.78 is 13.2. The molecule has 4 aromatic rings. The first-order valence-corrected chi connectivity index (χ1v) is 11.1. The van der Waals surface area contributed by atoms with Crippen molar-refractivity contribution in [3.8, 4) is 11.8 Å². The zero-order valence-electron chi connectivity index (χ0n) is 16.5. The van der Waals surface area contributed by atoms with Crippen LogP contribution in [0.4, 0.5) is 0 Å². The minimum atomic E-state index is -0.471. The Labute approximate surface area is 200 Å². The Morgan fingerprint density at radius 3 is 2.75 bits per heavy atom. The van der Waals surface area contributed by atoms with Gasteiger partial charge in [0.25, 0.3) is 0 Å². The molecule has 0 aliphatic heterocycles. The predicted molar refractivity (Wildman–Crippen MR) is 129 cm³/mol. The van der Waals surface area contributed by atoms with Crippen molar-refractivity contribution < 1.29 is 13.9 Å². The predicted octanol–water partition coefficient (Wildman–Crippen LogP) is 6.17. The van der Waals surface area contributed by atoms with Gasteiger partial charge < -0.3 is 9.15 Å². The number of nitrogens with zero attached hydrogens (tertiary/aromatic N) is 2. The molecule has 1 N–H and O–H groups in total. The van der Waals surface area contributed by atoms with E-state index < -0.39 is 5.91 Å². The van der Waals surface area contributed by atoms with Crippen LogP contribution in [-0.2, 0) is 6.61 Å². The number of amides is 1. The Hall–Kier alpha value is -3.41. The number of hydrogen-bond acceptors (Lipinski definition) is 5. The van der Waals surface area contributed by atoms with Gasteiger partial charge >= 0.3 is 5.91 Å². The Kier molecular flexibility index (Phi) is 6.69. The van der Waals surface area contributed by atoms with E-state index in [4.69, 9.17) is 9.15 Å². The van der Waals surface area contributed by atoms with Crippen LogP contribution in [0.15, 0.2) is 85.2 Å². The quantitative estimate of drug-likeness (QED) is 0.229. The molecule has 0 bridgehead atoms. The Morgan fingerprint density at radius 1 is 1.12 bits per heavy atom. The smallest absolute Gasteiger partial charge is 0.307 e. The summed E-state index contributed by atoms with van der Waals surface area (Å²) in [6, 6.07) is 22.1. The van der Waals surface area contributed by atoms with Gasteiger partial charge in [0.1, 0.15) is 17.9 Å². The number of benzene rings is 3. The molecule has 4 rings (SSSR count). The number of para-hydroxylation sites is 1. The lowest BCUT2D eigenvalue weighted by atomic mass is 10.1. The van der Waals surface area contributed by atoms with Crippen molar-refractivity contribution >= 4 is 55.0 Å². The zero-order chi connectivity index (χ0) is 22.5. The second-order valence-electron chi connectivity index (χ2n) is 6.71. The number of nitriles is 1. The number of halogens is 2. The van der Waals surface area contributed by atoms with E-state index in [-0.39, 0.29) is 12.4 Å². The lowest BCUT2D eigenvalue weighted by Crippen LogP contribution is -2.16. The highest BCUT2D eigenvalue weighted by atomic mass is 79.9. The number of hydrazone groups is 1. The maximum atomic E-state index is 12.5. The van der Waals surface area contributed by atoms with E-state index in [1.54, 1.807) is 18.2 Å². The molecule has 0 saturated heterocycles. The van der Waals surface area contributed by atoms with Gasteiger partial charge in [0.15, 0.2) is 5.76 Å². The summed E-state index contributed by atoms with van der Waals surface area (Å²) in [6.45, 7) is 0.240. The Morgan fingerprint density at radius 2 is 1.91 bits per heavy atom. The van der Waals surface area contributed by atoms with Gasteiger partial charge in [-0.2, -0.15) is 10.4 Å². The average Bonchev–Trinajstić information content (AvgIpc) is 3.23. The third kappa shape index (κ3) is 4.90. The number of hydrogen-bond donors (Lipinski definition) is 1. The Balaban J connectivity index is 1.45. The van der Waals surface area contributed by atoms with E-state index in [1.165, 1.54) is 6.21 Å². The molecular formula is C24H15Br2N3O3. The number of rotatable bonds is 6. The van der Waals surface area contributed by atoms with Crippen LogP contribution < -0.4 is 10.2 Å². The third-order valence-electron chi connectivity index (χ3n) is 4.57. The fraction of sp³-hybridized carbons (Fsp3) is 0.0417. The summed E-state index contributed by atoms with van der Waals surface area (Å²) >= 11 is 6.84. The van der Waals surface area contributed by atoms with Crippen LogP contribution in [-0.4, -0.2) is 12.1 Å². The first-order valence-electron chi connectivity index (χ1n) is 9.47. The topological polar surface area (TPSA) is 87.6 Å². The summed E-state index contributed by atoms with van der Waals surface area (Å²) in [7, 11) is 0. The normalized spacial score (nSPS) is 10.9. The van der Waals surface area contributed by atoms with Crippen molar-refractivity contribution in [3.63, 3.8) is 0 Å². The zero-order valence-corrected chi connectivity index (χ0v) is 19.7. The largest absolute Gasteiger partial charge is 0.488 e. The highest BCUT2D eigenvalue weighted by Gasteiger charge is 2.14. The van der Waals surface area contributed by atoms with Crippen LogP contribution >= 0.6 is 31.9 Å². The van der Waals surface area contributed by atoms with Crippen LogP contribution in [0, 0.1) is 11.3 Å². The molecule has 1 amide bonds. The van der Waals surface area contributed by atoms with Crippen molar-refractivity contribution in [3.05, 3.63) is 98.1 Å². The van der Waals surface area contributed by atoms with E-state index in [0.717, 1.165) is 19.9 Å². The van der Waals surface area contributed by atoms with Gasteiger partial charge in [-0.05, 0) is 52.3 Å². The first-order chi connectivity index (χ1) is 15.5. The van der Waals surface area contributed by atoms with Gasteiger partial charge in [0.05, 0.1) is 22.3 Å². The van der Waals surface area contributed by atoms with Crippen molar-refractivity contribution in [2.24, 2.45) is 5.10 Å². The van der Waals surface area contributed by atoms with E-state index in [2.05, 4.69) is 48.5 Å². The lowest BCUT2D eigenvalue weighted by molar-refractivity contribution is 0.0929. The molecule has 3 aromatic carbocycles. The van der Waals surface area contributed by atoms with E-state index in [9.17, 15) is 10.1 Å². The van der Waals surface area contributed by atoms with Gasteiger partial charge in [0, 0.05) is 21.0 Å². The summed E-state index contributed by atoms with van der Waals surface area (Å²) in [5, 5.41) is 14.1. The molecule has 0 spiro atoms. The average molecular weight is 553 g/mol. The molecule has 0 atom stereocenters. The molecule has 0 fully saturated rings. The molecule has 32 heavy (non-hydrogen) atoms. The SMILES string of the molecule is N#Cc1ccccc1COc1ccccc1/C=N\NC(=O)c1cc2cc(Br)cc(Br)c2o1. The van der Waals surface area contributed by atoms with E-state index in [1.807, 2.05) is 48.5 Å². The van der Waals surface area contributed by atoms with Crippen LogP contribution in [0.5, 0.6) is 5.75 Å². The number of ether oxygens (including phenoxy) is 1. The molecule has 1 heterocycles. The van der Waals surface area contributed by atoms with Gasteiger partial charge in [0.2, 0.25) is 0 Å². The van der Waals surface area contributed by atoms with Crippen LogP contribution in [0.2, 0.25) is 0 Å². The lowest BCUT2D eigenvalue weighted by Gasteiger charge is -2.10. The van der Waals surface area contributed by atoms with Crippen molar-refractivity contribution in [1.82, 2.24) is 5.43 Å². The number of nitrogens with one attached hydrogen (secondary N) is 1. The fourth-order valence-electron chi connectivity index (χ4n) is 3.03. The molecule has 6 nitrogen and oxygen atoms in total. The van der Waals surface area contributed by atoms with E-state index >= 15 is 0 Å². The monoisotopic (exact) mass is 551 g/mol. The van der Waals surface area contributed by atoms with E-state index in [0.29, 0.717) is 22.5 Å². The fourth-order valence-corrected chi connectivity index (χ4v) is 4.37. The minimum Gasteiger partial charge on any atom is -0.488 e. The number of furan rings is 1. The van der Waals surface area contributed by atoms with Crippen LogP contribution in [0.1, 0.15) is 27.2 Å². The highest BCUT2D eigenvalue weighted by Crippen LogP contribution is 2.31. The summed E-state index contributed by atoms with van der Waals surface area (Å²) in [5.74, 6) is 0.256. The minimum absolute atomic E-state index is 0.147. The molecule has 0 aliphatic rings. The standard InChI is InChI=1S/C24H15Br2N3O3/c25-19-9-18-10-22(32-23(18)20(26)11-19)24(30)29-28-13-16-6-3-4-8-21(16)31-14-17-7-2-1-5-15(17)12-27/h1-11,13H,14H2,(H,29,30)/b28-13-. The second-order valence-corrected chi connectivity index (χ2v) is 8.48. The molecule has 0 saturated carbocycles. The molecule has 1 aromatic heterocycles. The summed E-state index contributed by atoms with van der Waals surface area (Å²) in [4.78, 5) is 12.5. The van der Waals surface area contributed by atoms with Gasteiger partial charge in [-0.25, -0.2) is 5.43 Å². The molecule has 0 unspecified atom stereocenters. The molecule has 0 radical (unpaired) electrons. The molecular weight excluding hydrogens is 538 g/mol. The van der Waals surface area contributed by atoms with Gasteiger partial charge in [-0.15, -0.1) is 0 Å².